The quantitative estimate of drug-likeness (QED) is 0.530. The Bertz CT molecular complexity index is 957. The smallest absolute Gasteiger partial charge is 0.308 e. The summed E-state index contributed by atoms with van der Waals surface area (Å²) in [5, 5.41) is 0. The van der Waals surface area contributed by atoms with E-state index in [0.29, 0.717) is 0 Å². The Morgan fingerprint density at radius 1 is 0.846 bits per heavy atom. The second-order valence-electron chi connectivity index (χ2n) is 5.98. The maximum atomic E-state index is 13.0. The van der Waals surface area contributed by atoms with Gasteiger partial charge >= 0.3 is 5.97 Å². The van der Waals surface area contributed by atoms with Crippen molar-refractivity contribution in [3.63, 3.8) is 0 Å². The minimum atomic E-state index is -0.793. The molecule has 0 saturated heterocycles. The molecule has 26 heavy (non-hydrogen) atoms. The van der Waals surface area contributed by atoms with Crippen LogP contribution in [-0.2, 0) is 9.59 Å². The summed E-state index contributed by atoms with van der Waals surface area (Å²) < 4.78 is 10.7. The van der Waals surface area contributed by atoms with Gasteiger partial charge in [0.25, 0.3) is 0 Å². The Kier molecular flexibility index (Phi) is 4.42. The topological polar surface area (TPSA) is 86.7 Å². The van der Waals surface area contributed by atoms with Crippen LogP contribution in [0.5, 0.6) is 11.5 Å². The Labute approximate surface area is 149 Å². The van der Waals surface area contributed by atoms with Crippen LogP contribution in [-0.4, -0.2) is 29.4 Å². The van der Waals surface area contributed by atoms with Gasteiger partial charge in [-0.05, 0) is 26.0 Å². The zero-order chi connectivity index (χ0) is 19.0. The summed E-state index contributed by atoms with van der Waals surface area (Å²) in [5.74, 6) is -1.60. The van der Waals surface area contributed by atoms with Crippen molar-refractivity contribution >= 4 is 23.3 Å². The van der Waals surface area contributed by atoms with Crippen LogP contribution in [0.25, 0.3) is 0 Å². The molecule has 1 aliphatic carbocycles. The van der Waals surface area contributed by atoms with Crippen molar-refractivity contribution < 1.29 is 28.7 Å². The molecule has 6 heteroatoms. The highest BCUT2D eigenvalue weighted by Gasteiger charge is 2.36. The van der Waals surface area contributed by atoms with E-state index in [0.717, 1.165) is 0 Å². The van der Waals surface area contributed by atoms with E-state index in [1.807, 2.05) is 0 Å². The molecular weight excluding hydrogens is 336 g/mol. The third kappa shape index (κ3) is 2.90. The largest absolute Gasteiger partial charge is 0.482 e. The first-order valence-corrected chi connectivity index (χ1v) is 8.02. The Morgan fingerprint density at radius 3 is 1.85 bits per heavy atom. The number of benzene rings is 2. The Hall–Kier alpha value is -3.28. The number of ether oxygens (including phenoxy) is 2. The van der Waals surface area contributed by atoms with Crippen molar-refractivity contribution in [2.24, 2.45) is 0 Å². The van der Waals surface area contributed by atoms with Crippen molar-refractivity contribution in [3.05, 3.63) is 58.7 Å². The molecule has 0 heterocycles. The minimum absolute atomic E-state index is 0.000509. The molecule has 132 valence electrons. The molecule has 0 saturated carbocycles. The summed E-state index contributed by atoms with van der Waals surface area (Å²) in [6, 6.07) is 9.22. The van der Waals surface area contributed by atoms with E-state index in [2.05, 4.69) is 0 Å². The molecule has 1 aliphatic rings. The highest BCUT2D eigenvalue weighted by atomic mass is 16.5. The second kappa shape index (κ2) is 6.55. The molecule has 0 radical (unpaired) electrons. The molecule has 6 nitrogen and oxygen atoms in total. The number of carbonyl (C=O) groups is 4. The van der Waals surface area contributed by atoms with Gasteiger partial charge in [-0.1, -0.05) is 24.3 Å². The average Bonchev–Trinajstić information content (AvgIpc) is 2.60. The maximum Gasteiger partial charge on any atom is 0.308 e. The maximum absolute atomic E-state index is 13.0. The van der Waals surface area contributed by atoms with Crippen molar-refractivity contribution in [1.82, 2.24) is 0 Å². The van der Waals surface area contributed by atoms with Crippen LogP contribution in [0.3, 0.4) is 0 Å². The van der Waals surface area contributed by atoms with Crippen molar-refractivity contribution in [1.29, 1.82) is 0 Å². The number of hydrogen-bond donors (Lipinski definition) is 0. The van der Waals surface area contributed by atoms with Crippen molar-refractivity contribution in [3.8, 4) is 11.5 Å². The molecule has 1 unspecified atom stereocenters. The van der Waals surface area contributed by atoms with Gasteiger partial charge in [0.2, 0.25) is 0 Å². The summed E-state index contributed by atoms with van der Waals surface area (Å²) in [6.07, 6.45) is -0.793. The molecule has 0 aromatic heterocycles. The summed E-state index contributed by atoms with van der Waals surface area (Å²) in [7, 11) is 0. The van der Waals surface area contributed by atoms with Crippen LogP contribution in [0.4, 0.5) is 0 Å². The van der Waals surface area contributed by atoms with Crippen LogP contribution < -0.4 is 9.47 Å². The van der Waals surface area contributed by atoms with E-state index in [-0.39, 0.29) is 39.5 Å². The number of hydrogen-bond acceptors (Lipinski definition) is 6. The van der Waals surface area contributed by atoms with Gasteiger partial charge in [-0.3, -0.25) is 19.2 Å². The molecule has 3 rings (SSSR count). The number of esters is 1. The van der Waals surface area contributed by atoms with E-state index in [1.54, 1.807) is 31.2 Å². The molecular formula is C20H16O6. The molecule has 0 N–H and O–H groups in total. The fourth-order valence-corrected chi connectivity index (χ4v) is 2.78. The molecule has 0 amide bonds. The van der Waals surface area contributed by atoms with Gasteiger partial charge in [0.05, 0.1) is 11.1 Å². The van der Waals surface area contributed by atoms with E-state index in [9.17, 15) is 19.2 Å². The van der Waals surface area contributed by atoms with Gasteiger partial charge in [0.1, 0.15) is 11.5 Å². The molecule has 0 fully saturated rings. The van der Waals surface area contributed by atoms with Gasteiger partial charge in [-0.25, -0.2) is 0 Å². The number of Topliss-reactive ketones (excluding diaryl/α,β-unsaturated/α-hetero) is 1. The van der Waals surface area contributed by atoms with Gasteiger partial charge in [0, 0.05) is 18.1 Å². The van der Waals surface area contributed by atoms with Crippen LogP contribution >= 0.6 is 0 Å². The summed E-state index contributed by atoms with van der Waals surface area (Å²) in [6.45, 7) is 4.13. The fourth-order valence-electron chi connectivity index (χ4n) is 2.78. The predicted molar refractivity (Wildman–Crippen MR) is 91.8 cm³/mol. The molecule has 0 bridgehead atoms. The van der Waals surface area contributed by atoms with Gasteiger partial charge < -0.3 is 9.47 Å². The zero-order valence-corrected chi connectivity index (χ0v) is 14.5. The molecule has 0 aliphatic heterocycles. The van der Waals surface area contributed by atoms with Gasteiger partial charge in [0.15, 0.2) is 23.5 Å². The monoisotopic (exact) mass is 352 g/mol. The SMILES string of the molecule is CC(=O)Oc1ccc(OC(C)C(C)=O)c2c1C(=O)c1ccccc1C2=O. The van der Waals surface area contributed by atoms with Crippen molar-refractivity contribution in [2.75, 3.05) is 0 Å². The number of fused-ring (bicyclic) bond motifs is 2. The van der Waals surface area contributed by atoms with E-state index in [1.165, 1.54) is 26.0 Å². The zero-order valence-electron chi connectivity index (χ0n) is 14.5. The highest BCUT2D eigenvalue weighted by molar-refractivity contribution is 6.30. The first kappa shape index (κ1) is 17.5. The number of ketones is 3. The average molecular weight is 352 g/mol. The van der Waals surface area contributed by atoms with Crippen LogP contribution in [0, 0.1) is 0 Å². The summed E-state index contributed by atoms with van der Waals surface area (Å²) in [4.78, 5) is 48.9. The van der Waals surface area contributed by atoms with E-state index in [4.69, 9.17) is 9.47 Å². The lowest BCUT2D eigenvalue weighted by Crippen LogP contribution is -2.26. The normalized spacial score (nSPS) is 13.5. The van der Waals surface area contributed by atoms with Gasteiger partial charge in [-0.2, -0.15) is 0 Å². The van der Waals surface area contributed by atoms with E-state index >= 15 is 0 Å². The first-order chi connectivity index (χ1) is 12.3. The Morgan fingerprint density at radius 2 is 1.35 bits per heavy atom. The van der Waals surface area contributed by atoms with Crippen LogP contribution in [0.1, 0.15) is 52.6 Å². The predicted octanol–water partition coefficient (Wildman–Crippen LogP) is 2.74. The summed E-state index contributed by atoms with van der Waals surface area (Å²) >= 11 is 0. The van der Waals surface area contributed by atoms with Crippen LogP contribution in [0.15, 0.2) is 36.4 Å². The minimum Gasteiger partial charge on any atom is -0.482 e. The summed E-state index contributed by atoms with van der Waals surface area (Å²) in [5.41, 5.74) is 0.443. The molecule has 2 aromatic carbocycles. The second-order valence-corrected chi connectivity index (χ2v) is 5.98. The number of carbonyl (C=O) groups excluding carboxylic acids is 4. The number of rotatable bonds is 4. The first-order valence-electron chi connectivity index (χ1n) is 8.02. The molecule has 1 atom stereocenters. The van der Waals surface area contributed by atoms with E-state index < -0.39 is 23.6 Å². The third-order valence-electron chi connectivity index (χ3n) is 4.13. The lowest BCUT2D eigenvalue weighted by Gasteiger charge is -2.23. The molecule has 2 aromatic rings. The standard InChI is InChI=1S/C20H16O6/c1-10(21)11(2)25-15-8-9-16(26-12(3)22)18-17(15)19(23)13-6-4-5-7-14(13)20(18)24/h4-9,11H,1-3H3. The van der Waals surface area contributed by atoms with Crippen molar-refractivity contribution in [2.45, 2.75) is 26.9 Å². The lowest BCUT2D eigenvalue weighted by molar-refractivity contribution is -0.131. The van der Waals surface area contributed by atoms with Gasteiger partial charge in [-0.15, -0.1) is 0 Å². The molecule has 0 spiro atoms. The van der Waals surface area contributed by atoms with Crippen LogP contribution in [0.2, 0.25) is 0 Å². The highest BCUT2D eigenvalue weighted by Crippen LogP contribution is 2.39. The lowest BCUT2D eigenvalue weighted by atomic mass is 9.83. The fraction of sp³-hybridized carbons (Fsp3) is 0.200. The Balaban J connectivity index is 2.24. The third-order valence-corrected chi connectivity index (χ3v) is 4.13.